The van der Waals surface area contributed by atoms with Crippen LogP contribution in [0.2, 0.25) is 0 Å². The minimum absolute atomic E-state index is 0.218. The first-order valence-corrected chi connectivity index (χ1v) is 7.21. The molecule has 1 aliphatic heterocycles. The van der Waals surface area contributed by atoms with E-state index >= 15 is 0 Å². The van der Waals surface area contributed by atoms with Gasteiger partial charge in [0.2, 0.25) is 0 Å². The number of benzene rings is 1. The molecule has 0 atom stereocenters. The van der Waals surface area contributed by atoms with Gasteiger partial charge in [0.15, 0.2) is 0 Å². The van der Waals surface area contributed by atoms with E-state index in [2.05, 4.69) is 9.80 Å². The van der Waals surface area contributed by atoms with Crippen LogP contribution in [0.1, 0.15) is 10.4 Å². The molecule has 0 amide bonds. The number of aromatic carboxylic acids is 1. The molecular weight excluding hydrogens is 272 g/mol. The summed E-state index contributed by atoms with van der Waals surface area (Å²) in [5, 5.41) is 17.7. The lowest BCUT2D eigenvalue weighted by molar-refractivity contribution is 0.0697. The number of aliphatic hydroxyl groups is 1. The smallest absolute Gasteiger partial charge is 0.335 e. The van der Waals surface area contributed by atoms with Crippen LogP contribution in [0.15, 0.2) is 24.3 Å². The standard InChI is InChI=1S/C15H22N2O4/c18-11-9-16-5-7-17(8-6-16)10-12-21-14-3-1-13(2-4-14)15(19)20/h1-4,18H,5-12H2,(H,19,20). The highest BCUT2D eigenvalue weighted by atomic mass is 16.5. The Morgan fingerprint density at radius 3 is 2.14 bits per heavy atom. The van der Waals surface area contributed by atoms with Crippen LogP contribution in [-0.4, -0.2) is 78.5 Å². The average Bonchev–Trinajstić information content (AvgIpc) is 2.50. The zero-order valence-corrected chi connectivity index (χ0v) is 12.1. The second-order valence-corrected chi connectivity index (χ2v) is 5.08. The maximum absolute atomic E-state index is 10.7. The Hall–Kier alpha value is -1.63. The first-order chi connectivity index (χ1) is 10.2. The van der Waals surface area contributed by atoms with E-state index < -0.39 is 5.97 Å². The van der Waals surface area contributed by atoms with E-state index in [4.69, 9.17) is 14.9 Å². The maximum atomic E-state index is 10.7. The number of aliphatic hydroxyl groups excluding tert-OH is 1. The van der Waals surface area contributed by atoms with E-state index in [1.165, 1.54) is 0 Å². The molecule has 21 heavy (non-hydrogen) atoms. The fraction of sp³-hybridized carbons (Fsp3) is 0.533. The molecular formula is C15H22N2O4. The molecule has 0 aromatic heterocycles. The van der Waals surface area contributed by atoms with Crippen molar-refractivity contribution in [3.8, 4) is 5.75 Å². The summed E-state index contributed by atoms with van der Waals surface area (Å²) in [6.07, 6.45) is 0. The van der Waals surface area contributed by atoms with Gasteiger partial charge in [-0.15, -0.1) is 0 Å². The van der Waals surface area contributed by atoms with Crippen molar-refractivity contribution in [2.45, 2.75) is 0 Å². The molecule has 2 rings (SSSR count). The molecule has 0 unspecified atom stereocenters. The number of carbonyl (C=O) groups is 1. The number of nitrogens with zero attached hydrogens (tertiary/aromatic N) is 2. The van der Waals surface area contributed by atoms with Crippen molar-refractivity contribution in [3.05, 3.63) is 29.8 Å². The van der Waals surface area contributed by atoms with Gasteiger partial charge >= 0.3 is 5.97 Å². The number of ether oxygens (including phenoxy) is 1. The third-order valence-electron chi connectivity index (χ3n) is 3.66. The van der Waals surface area contributed by atoms with Crippen molar-refractivity contribution in [2.75, 3.05) is 52.5 Å². The second kappa shape index (κ2) is 7.97. The van der Waals surface area contributed by atoms with Crippen LogP contribution < -0.4 is 4.74 Å². The van der Waals surface area contributed by atoms with Gasteiger partial charge in [-0.2, -0.15) is 0 Å². The molecule has 1 fully saturated rings. The molecule has 1 saturated heterocycles. The highest BCUT2D eigenvalue weighted by Gasteiger charge is 2.15. The monoisotopic (exact) mass is 294 g/mol. The first-order valence-electron chi connectivity index (χ1n) is 7.21. The number of hydrogen-bond donors (Lipinski definition) is 2. The lowest BCUT2D eigenvalue weighted by Crippen LogP contribution is -2.48. The van der Waals surface area contributed by atoms with Crippen molar-refractivity contribution in [3.63, 3.8) is 0 Å². The Balaban J connectivity index is 1.67. The molecule has 6 nitrogen and oxygen atoms in total. The van der Waals surface area contributed by atoms with Crippen molar-refractivity contribution >= 4 is 5.97 Å². The molecule has 6 heteroatoms. The van der Waals surface area contributed by atoms with E-state index in [9.17, 15) is 4.79 Å². The largest absolute Gasteiger partial charge is 0.492 e. The average molecular weight is 294 g/mol. The normalized spacial score (nSPS) is 16.8. The third-order valence-corrected chi connectivity index (χ3v) is 3.66. The van der Waals surface area contributed by atoms with Gasteiger partial charge < -0.3 is 14.9 Å². The zero-order chi connectivity index (χ0) is 15.1. The Bertz CT molecular complexity index is 441. The van der Waals surface area contributed by atoms with Crippen molar-refractivity contribution in [2.24, 2.45) is 0 Å². The van der Waals surface area contributed by atoms with Gasteiger partial charge in [0, 0.05) is 39.3 Å². The fourth-order valence-corrected chi connectivity index (χ4v) is 2.36. The predicted molar refractivity (Wildman–Crippen MR) is 78.9 cm³/mol. The summed E-state index contributed by atoms with van der Waals surface area (Å²) < 4.78 is 5.63. The molecule has 0 aliphatic carbocycles. The molecule has 1 heterocycles. The number of hydrogen-bond acceptors (Lipinski definition) is 5. The highest BCUT2D eigenvalue weighted by molar-refractivity contribution is 5.87. The van der Waals surface area contributed by atoms with Crippen molar-refractivity contribution in [1.29, 1.82) is 0 Å². The van der Waals surface area contributed by atoms with Gasteiger partial charge in [-0.3, -0.25) is 9.80 Å². The predicted octanol–water partition coefficient (Wildman–Crippen LogP) is 0.373. The number of rotatable bonds is 7. The van der Waals surface area contributed by atoms with Crippen LogP contribution >= 0.6 is 0 Å². The van der Waals surface area contributed by atoms with E-state index in [0.717, 1.165) is 39.3 Å². The summed E-state index contributed by atoms with van der Waals surface area (Å²) in [6.45, 7) is 6.35. The molecule has 0 radical (unpaired) electrons. The summed E-state index contributed by atoms with van der Waals surface area (Å²) in [5.74, 6) is -0.235. The Morgan fingerprint density at radius 1 is 1.05 bits per heavy atom. The number of β-amino-alcohol motifs (C(OH)–C–C–N with tert-alkyl or cyclic N) is 1. The Morgan fingerprint density at radius 2 is 1.62 bits per heavy atom. The van der Waals surface area contributed by atoms with E-state index in [-0.39, 0.29) is 12.2 Å². The topological polar surface area (TPSA) is 73.2 Å². The summed E-state index contributed by atoms with van der Waals surface area (Å²) in [4.78, 5) is 15.3. The first kappa shape index (κ1) is 15.8. The summed E-state index contributed by atoms with van der Waals surface area (Å²) >= 11 is 0. The van der Waals surface area contributed by atoms with Gasteiger partial charge in [0.05, 0.1) is 12.2 Å². The molecule has 0 spiro atoms. The van der Waals surface area contributed by atoms with Crippen molar-refractivity contribution < 1.29 is 19.7 Å². The SMILES string of the molecule is O=C(O)c1ccc(OCCN2CCN(CCO)CC2)cc1. The van der Waals surface area contributed by atoms with Crippen LogP contribution in [0.3, 0.4) is 0 Å². The minimum Gasteiger partial charge on any atom is -0.492 e. The number of piperazine rings is 1. The Labute approximate surface area is 124 Å². The molecule has 1 aliphatic rings. The van der Waals surface area contributed by atoms with Gasteiger partial charge in [-0.1, -0.05) is 0 Å². The van der Waals surface area contributed by atoms with Gasteiger partial charge in [0.25, 0.3) is 0 Å². The summed E-state index contributed by atoms with van der Waals surface area (Å²) in [7, 11) is 0. The lowest BCUT2D eigenvalue weighted by Gasteiger charge is -2.34. The number of carboxylic acid groups (broad SMARTS) is 1. The third kappa shape index (κ3) is 5.00. The second-order valence-electron chi connectivity index (χ2n) is 5.08. The van der Waals surface area contributed by atoms with Crippen LogP contribution in [0.5, 0.6) is 5.75 Å². The lowest BCUT2D eigenvalue weighted by atomic mass is 10.2. The summed E-state index contributed by atoms with van der Waals surface area (Å²) in [5.41, 5.74) is 0.266. The maximum Gasteiger partial charge on any atom is 0.335 e. The van der Waals surface area contributed by atoms with Crippen LogP contribution in [0.25, 0.3) is 0 Å². The fourth-order valence-electron chi connectivity index (χ4n) is 2.36. The summed E-state index contributed by atoms with van der Waals surface area (Å²) in [6, 6.07) is 6.46. The minimum atomic E-state index is -0.928. The Kier molecular flexibility index (Phi) is 5.98. The quantitative estimate of drug-likeness (QED) is 0.757. The molecule has 1 aromatic rings. The van der Waals surface area contributed by atoms with Crippen LogP contribution in [0.4, 0.5) is 0 Å². The molecule has 2 N–H and O–H groups in total. The van der Waals surface area contributed by atoms with E-state index in [1.807, 2.05) is 0 Å². The highest BCUT2D eigenvalue weighted by Crippen LogP contribution is 2.12. The molecule has 0 bridgehead atoms. The van der Waals surface area contributed by atoms with Crippen LogP contribution in [-0.2, 0) is 0 Å². The van der Waals surface area contributed by atoms with Crippen molar-refractivity contribution in [1.82, 2.24) is 9.80 Å². The zero-order valence-electron chi connectivity index (χ0n) is 12.1. The van der Waals surface area contributed by atoms with Gasteiger partial charge in [0.1, 0.15) is 12.4 Å². The molecule has 0 saturated carbocycles. The van der Waals surface area contributed by atoms with Gasteiger partial charge in [-0.25, -0.2) is 4.79 Å². The van der Waals surface area contributed by atoms with Crippen LogP contribution in [0, 0.1) is 0 Å². The number of carboxylic acids is 1. The molecule has 1 aromatic carbocycles. The molecule has 116 valence electrons. The van der Waals surface area contributed by atoms with Gasteiger partial charge in [-0.05, 0) is 24.3 Å². The van der Waals surface area contributed by atoms with E-state index in [0.29, 0.717) is 12.4 Å². The van der Waals surface area contributed by atoms with E-state index in [1.54, 1.807) is 24.3 Å².